The standard InChI is InChI=1S/C13H13ClN4/c1-8-10-6-9(14)2-3-11(10)16-7-12(8)18-5-4-13(15)17-18/h2-3,6-7H,4-5H2,1H3,(H2,15,17). The maximum atomic E-state index is 6.04. The van der Waals surface area contributed by atoms with Crippen LogP contribution in [0.2, 0.25) is 5.02 Å². The van der Waals surface area contributed by atoms with E-state index in [0.29, 0.717) is 10.9 Å². The summed E-state index contributed by atoms with van der Waals surface area (Å²) in [7, 11) is 0. The molecule has 2 aromatic rings. The van der Waals surface area contributed by atoms with Crippen molar-refractivity contribution in [2.45, 2.75) is 13.3 Å². The van der Waals surface area contributed by atoms with Crippen LogP contribution in [0.15, 0.2) is 29.5 Å². The molecule has 4 nitrogen and oxygen atoms in total. The van der Waals surface area contributed by atoms with Gasteiger partial charge in [0.25, 0.3) is 0 Å². The highest BCUT2D eigenvalue weighted by atomic mass is 35.5. The van der Waals surface area contributed by atoms with Crippen LogP contribution in [0, 0.1) is 6.92 Å². The Bertz CT molecular complexity index is 651. The molecule has 1 aliphatic rings. The van der Waals surface area contributed by atoms with E-state index in [1.165, 1.54) is 0 Å². The number of benzene rings is 1. The molecule has 1 aliphatic heterocycles. The first-order chi connectivity index (χ1) is 8.65. The predicted octanol–water partition coefficient (Wildman–Crippen LogP) is 2.68. The molecule has 1 aromatic heterocycles. The Morgan fingerprint density at radius 1 is 1.39 bits per heavy atom. The van der Waals surface area contributed by atoms with E-state index >= 15 is 0 Å². The number of amidine groups is 1. The lowest BCUT2D eigenvalue weighted by Gasteiger charge is -2.17. The van der Waals surface area contributed by atoms with Gasteiger partial charge in [-0.25, -0.2) is 0 Å². The molecule has 0 bridgehead atoms. The average molecular weight is 261 g/mol. The normalized spacial score (nSPS) is 15.2. The molecule has 0 unspecified atom stereocenters. The van der Waals surface area contributed by atoms with E-state index in [9.17, 15) is 0 Å². The lowest BCUT2D eigenvalue weighted by molar-refractivity contribution is 0.913. The maximum absolute atomic E-state index is 6.04. The van der Waals surface area contributed by atoms with Crippen molar-refractivity contribution in [2.24, 2.45) is 10.8 Å². The molecule has 5 heteroatoms. The first kappa shape index (κ1) is 11.3. The molecule has 0 radical (unpaired) electrons. The summed E-state index contributed by atoms with van der Waals surface area (Å²) in [6.45, 7) is 2.86. The van der Waals surface area contributed by atoms with E-state index in [1.54, 1.807) is 0 Å². The van der Waals surface area contributed by atoms with Gasteiger partial charge in [0.15, 0.2) is 0 Å². The summed E-state index contributed by atoms with van der Waals surface area (Å²) >= 11 is 6.04. The molecule has 0 saturated heterocycles. The second-order valence-corrected chi connectivity index (χ2v) is 4.83. The number of fused-ring (bicyclic) bond motifs is 1. The van der Waals surface area contributed by atoms with Crippen molar-refractivity contribution in [1.82, 2.24) is 4.98 Å². The summed E-state index contributed by atoms with van der Waals surface area (Å²) in [5, 5.41) is 7.98. The Kier molecular flexibility index (Phi) is 2.59. The van der Waals surface area contributed by atoms with E-state index in [-0.39, 0.29) is 0 Å². The summed E-state index contributed by atoms with van der Waals surface area (Å²) in [6.07, 6.45) is 2.64. The molecule has 2 heterocycles. The van der Waals surface area contributed by atoms with Crippen LogP contribution >= 0.6 is 11.6 Å². The fraction of sp³-hybridized carbons (Fsp3) is 0.231. The number of pyridine rings is 1. The number of rotatable bonds is 1. The molecular weight excluding hydrogens is 248 g/mol. The van der Waals surface area contributed by atoms with Crippen molar-refractivity contribution >= 4 is 34.0 Å². The molecule has 0 atom stereocenters. The summed E-state index contributed by atoms with van der Waals surface area (Å²) in [5.41, 5.74) is 8.77. The van der Waals surface area contributed by atoms with Crippen molar-refractivity contribution in [3.63, 3.8) is 0 Å². The molecule has 2 N–H and O–H groups in total. The number of aromatic nitrogens is 1. The van der Waals surface area contributed by atoms with E-state index < -0.39 is 0 Å². The molecule has 0 fully saturated rings. The molecular formula is C13H13ClN4. The summed E-state index contributed by atoms with van der Waals surface area (Å²) < 4.78 is 0. The van der Waals surface area contributed by atoms with Crippen LogP contribution in [0.5, 0.6) is 0 Å². The number of hydrazone groups is 1. The van der Waals surface area contributed by atoms with Gasteiger partial charge in [-0.1, -0.05) is 11.6 Å². The van der Waals surface area contributed by atoms with Crippen LogP contribution in [-0.4, -0.2) is 17.4 Å². The number of hydrogen-bond acceptors (Lipinski definition) is 4. The van der Waals surface area contributed by atoms with Gasteiger partial charge >= 0.3 is 0 Å². The zero-order chi connectivity index (χ0) is 12.7. The largest absolute Gasteiger partial charge is 0.386 e. The van der Waals surface area contributed by atoms with Crippen LogP contribution in [-0.2, 0) is 0 Å². The summed E-state index contributed by atoms with van der Waals surface area (Å²) in [5.74, 6) is 0.667. The molecule has 0 amide bonds. The minimum Gasteiger partial charge on any atom is -0.386 e. The number of anilines is 1. The first-order valence-electron chi connectivity index (χ1n) is 5.80. The third-order valence-corrected chi connectivity index (χ3v) is 3.41. The molecule has 0 aliphatic carbocycles. The van der Waals surface area contributed by atoms with Gasteiger partial charge in [0.05, 0.1) is 17.4 Å². The Morgan fingerprint density at radius 3 is 2.94 bits per heavy atom. The van der Waals surface area contributed by atoms with Crippen molar-refractivity contribution in [3.05, 3.63) is 35.0 Å². The molecule has 18 heavy (non-hydrogen) atoms. The number of hydrogen-bond donors (Lipinski definition) is 1. The van der Waals surface area contributed by atoms with Crippen LogP contribution in [0.3, 0.4) is 0 Å². The SMILES string of the molecule is Cc1c(N2CCC(N)=N2)cnc2ccc(Cl)cc12. The van der Waals surface area contributed by atoms with Crippen LogP contribution < -0.4 is 10.7 Å². The van der Waals surface area contributed by atoms with Crippen LogP contribution in [0.1, 0.15) is 12.0 Å². The molecule has 92 valence electrons. The molecule has 3 rings (SSSR count). The van der Waals surface area contributed by atoms with Crippen molar-refractivity contribution in [1.29, 1.82) is 0 Å². The van der Waals surface area contributed by atoms with Gasteiger partial charge in [-0.3, -0.25) is 9.99 Å². The third-order valence-electron chi connectivity index (χ3n) is 3.18. The van der Waals surface area contributed by atoms with Gasteiger partial charge in [-0.15, -0.1) is 0 Å². The number of aryl methyl sites for hydroxylation is 1. The molecule has 1 aromatic carbocycles. The lowest BCUT2D eigenvalue weighted by Crippen LogP contribution is -2.13. The Balaban J connectivity index is 2.17. The van der Waals surface area contributed by atoms with E-state index in [1.807, 2.05) is 29.4 Å². The smallest absolute Gasteiger partial charge is 0.122 e. The topological polar surface area (TPSA) is 54.5 Å². The summed E-state index contributed by atoms with van der Waals surface area (Å²) in [4.78, 5) is 4.44. The zero-order valence-electron chi connectivity index (χ0n) is 10.0. The van der Waals surface area contributed by atoms with E-state index in [4.69, 9.17) is 17.3 Å². The second kappa shape index (κ2) is 4.14. The Labute approximate surface area is 110 Å². The van der Waals surface area contributed by atoms with Crippen LogP contribution in [0.4, 0.5) is 5.69 Å². The van der Waals surface area contributed by atoms with Gasteiger partial charge in [0.2, 0.25) is 0 Å². The van der Waals surface area contributed by atoms with E-state index in [2.05, 4.69) is 17.0 Å². The lowest BCUT2D eigenvalue weighted by atomic mass is 10.1. The second-order valence-electron chi connectivity index (χ2n) is 4.39. The molecule has 0 saturated carbocycles. The van der Waals surface area contributed by atoms with Gasteiger partial charge in [0.1, 0.15) is 5.84 Å². The number of halogens is 1. The fourth-order valence-electron chi connectivity index (χ4n) is 2.20. The van der Waals surface area contributed by atoms with Gasteiger partial charge in [0, 0.05) is 23.4 Å². The molecule has 0 spiro atoms. The van der Waals surface area contributed by atoms with E-state index in [0.717, 1.165) is 35.1 Å². The van der Waals surface area contributed by atoms with Gasteiger partial charge in [-0.2, -0.15) is 5.10 Å². The number of nitrogens with two attached hydrogens (primary N) is 1. The average Bonchev–Trinajstić information content (AvgIpc) is 2.77. The third kappa shape index (κ3) is 1.78. The predicted molar refractivity (Wildman–Crippen MR) is 75.1 cm³/mol. The highest BCUT2D eigenvalue weighted by molar-refractivity contribution is 6.31. The summed E-state index contributed by atoms with van der Waals surface area (Å²) in [6, 6.07) is 5.71. The monoisotopic (exact) mass is 260 g/mol. The van der Waals surface area contributed by atoms with Crippen molar-refractivity contribution in [2.75, 3.05) is 11.6 Å². The Morgan fingerprint density at radius 2 is 2.22 bits per heavy atom. The zero-order valence-corrected chi connectivity index (χ0v) is 10.8. The number of nitrogens with zero attached hydrogens (tertiary/aromatic N) is 3. The highest BCUT2D eigenvalue weighted by Crippen LogP contribution is 2.29. The fourth-order valence-corrected chi connectivity index (χ4v) is 2.37. The van der Waals surface area contributed by atoms with Crippen molar-refractivity contribution in [3.8, 4) is 0 Å². The van der Waals surface area contributed by atoms with Gasteiger partial charge < -0.3 is 5.73 Å². The first-order valence-corrected chi connectivity index (χ1v) is 6.18. The van der Waals surface area contributed by atoms with Gasteiger partial charge in [-0.05, 0) is 30.7 Å². The van der Waals surface area contributed by atoms with Crippen molar-refractivity contribution < 1.29 is 0 Å². The van der Waals surface area contributed by atoms with Crippen LogP contribution in [0.25, 0.3) is 10.9 Å². The maximum Gasteiger partial charge on any atom is 0.122 e. The minimum absolute atomic E-state index is 0.667. The highest BCUT2D eigenvalue weighted by Gasteiger charge is 2.17. The quantitative estimate of drug-likeness (QED) is 0.858. The Hall–Kier alpha value is -1.81. The minimum atomic E-state index is 0.667.